The number of carbonyl (C=O) groups is 1. The normalized spacial score (nSPS) is 11.0. The Morgan fingerprint density at radius 3 is 2.56 bits per heavy atom. The number of nitrogens with one attached hydrogen (secondary N) is 1. The van der Waals surface area contributed by atoms with Gasteiger partial charge < -0.3 is 14.8 Å². The number of nitrogens with zero attached hydrogens (tertiary/aromatic N) is 1. The third-order valence-electron chi connectivity index (χ3n) is 4.46. The van der Waals surface area contributed by atoms with Crippen LogP contribution in [-0.4, -0.2) is 12.5 Å². The van der Waals surface area contributed by atoms with Gasteiger partial charge in [0.2, 0.25) is 0 Å². The van der Waals surface area contributed by atoms with E-state index in [-0.39, 0.29) is 12.2 Å². The molecule has 3 rings (SSSR count). The number of ether oxygens (including phenoxy) is 2. The smallest absolute Gasteiger partial charge is 0.266 e. The highest BCUT2D eigenvalue weighted by atomic mass is 79.9. The van der Waals surface area contributed by atoms with Gasteiger partial charge in [-0.3, -0.25) is 4.79 Å². The maximum atomic E-state index is 12.6. The Labute approximate surface area is 221 Å². The monoisotopic (exact) mass is 578 g/mol. The molecule has 9 heteroatoms. The molecule has 1 amide bonds. The van der Waals surface area contributed by atoms with Crippen molar-refractivity contribution in [1.82, 2.24) is 0 Å². The molecule has 34 heavy (non-hydrogen) atoms. The number of anilines is 1. The first-order chi connectivity index (χ1) is 16.3. The second kappa shape index (κ2) is 12.1. The van der Waals surface area contributed by atoms with E-state index in [0.717, 1.165) is 5.56 Å². The van der Waals surface area contributed by atoms with E-state index >= 15 is 0 Å². The van der Waals surface area contributed by atoms with Crippen molar-refractivity contribution in [2.45, 2.75) is 13.5 Å². The van der Waals surface area contributed by atoms with E-state index in [1.807, 2.05) is 19.1 Å². The fraction of sp³-hybridized carbons (Fsp3) is 0.120. The molecule has 0 saturated heterocycles. The van der Waals surface area contributed by atoms with Crippen molar-refractivity contribution in [3.05, 3.63) is 90.8 Å². The van der Waals surface area contributed by atoms with Gasteiger partial charge in [-0.05, 0) is 82.5 Å². The van der Waals surface area contributed by atoms with Gasteiger partial charge in [0.1, 0.15) is 18.2 Å². The Kier molecular flexibility index (Phi) is 9.26. The molecule has 0 aromatic heterocycles. The van der Waals surface area contributed by atoms with Crippen molar-refractivity contribution in [3.63, 3.8) is 0 Å². The number of hydrogen-bond acceptors (Lipinski definition) is 4. The standard InChI is InChI=1S/C25H18BrCl3N2O3/c1-2-33-23-11-16(8-17(13-30)25(32)31-19-5-3-4-18(27)12-19)9-20(26)24(23)34-14-15-6-7-21(28)22(29)10-15/h3-12H,2,14H2,1H3,(H,31,32)/b17-8+. The summed E-state index contributed by atoms with van der Waals surface area (Å²) < 4.78 is 12.3. The fourth-order valence-electron chi connectivity index (χ4n) is 2.94. The van der Waals surface area contributed by atoms with Gasteiger partial charge in [-0.2, -0.15) is 5.26 Å². The van der Waals surface area contributed by atoms with E-state index in [4.69, 9.17) is 44.3 Å². The summed E-state index contributed by atoms with van der Waals surface area (Å²) >= 11 is 21.5. The molecular weight excluding hydrogens is 563 g/mol. The van der Waals surface area contributed by atoms with Crippen LogP contribution in [0.15, 0.2) is 64.6 Å². The summed E-state index contributed by atoms with van der Waals surface area (Å²) in [6.45, 7) is 2.47. The van der Waals surface area contributed by atoms with E-state index in [1.165, 1.54) is 6.08 Å². The molecule has 0 aliphatic heterocycles. The lowest BCUT2D eigenvalue weighted by Gasteiger charge is -2.15. The second-order valence-electron chi connectivity index (χ2n) is 6.93. The van der Waals surface area contributed by atoms with Crippen LogP contribution in [0.5, 0.6) is 11.5 Å². The second-order valence-corrected chi connectivity index (χ2v) is 9.04. The highest BCUT2D eigenvalue weighted by Crippen LogP contribution is 2.38. The van der Waals surface area contributed by atoms with Crippen LogP contribution < -0.4 is 14.8 Å². The van der Waals surface area contributed by atoms with Crippen LogP contribution in [0.1, 0.15) is 18.1 Å². The van der Waals surface area contributed by atoms with Crippen molar-refractivity contribution >= 4 is 68.4 Å². The average molecular weight is 581 g/mol. The number of halogens is 4. The van der Waals surface area contributed by atoms with E-state index in [0.29, 0.717) is 48.9 Å². The van der Waals surface area contributed by atoms with Gasteiger partial charge in [0.05, 0.1) is 21.1 Å². The quantitative estimate of drug-likeness (QED) is 0.217. The molecule has 0 radical (unpaired) electrons. The molecule has 0 unspecified atom stereocenters. The third kappa shape index (κ3) is 6.91. The molecule has 3 aromatic carbocycles. The minimum Gasteiger partial charge on any atom is -0.490 e. The van der Waals surface area contributed by atoms with Gasteiger partial charge in [-0.15, -0.1) is 0 Å². The molecule has 0 saturated carbocycles. The maximum Gasteiger partial charge on any atom is 0.266 e. The molecule has 0 atom stereocenters. The zero-order valence-electron chi connectivity index (χ0n) is 17.9. The number of amides is 1. The lowest BCUT2D eigenvalue weighted by Crippen LogP contribution is -2.13. The van der Waals surface area contributed by atoms with E-state index < -0.39 is 5.91 Å². The van der Waals surface area contributed by atoms with Crippen molar-refractivity contribution in [2.24, 2.45) is 0 Å². The number of hydrogen-bond donors (Lipinski definition) is 1. The summed E-state index contributed by atoms with van der Waals surface area (Å²) in [6, 6.07) is 17.3. The molecule has 174 valence electrons. The summed E-state index contributed by atoms with van der Waals surface area (Å²) in [4.78, 5) is 12.6. The lowest BCUT2D eigenvalue weighted by atomic mass is 10.1. The summed E-state index contributed by atoms with van der Waals surface area (Å²) in [7, 11) is 0. The molecule has 0 spiro atoms. The topological polar surface area (TPSA) is 71.3 Å². The Bertz CT molecular complexity index is 1290. The summed E-state index contributed by atoms with van der Waals surface area (Å²) in [6.07, 6.45) is 1.47. The number of rotatable bonds is 8. The van der Waals surface area contributed by atoms with Crippen LogP contribution in [0.4, 0.5) is 5.69 Å². The molecule has 1 N–H and O–H groups in total. The third-order valence-corrected chi connectivity index (χ3v) is 6.02. The Balaban J connectivity index is 1.85. The van der Waals surface area contributed by atoms with Crippen LogP contribution in [0, 0.1) is 11.3 Å². The van der Waals surface area contributed by atoms with Crippen LogP contribution in [0.3, 0.4) is 0 Å². The predicted octanol–water partition coefficient (Wildman–Crippen LogP) is 7.93. The highest BCUT2D eigenvalue weighted by Gasteiger charge is 2.15. The van der Waals surface area contributed by atoms with Crippen molar-refractivity contribution in [1.29, 1.82) is 5.26 Å². The van der Waals surface area contributed by atoms with Gasteiger partial charge >= 0.3 is 0 Å². The number of nitriles is 1. The van der Waals surface area contributed by atoms with Crippen LogP contribution >= 0.6 is 50.7 Å². The van der Waals surface area contributed by atoms with Crippen LogP contribution in [0.25, 0.3) is 6.08 Å². The van der Waals surface area contributed by atoms with Gasteiger partial charge in [-0.25, -0.2) is 0 Å². The van der Waals surface area contributed by atoms with Crippen LogP contribution in [0.2, 0.25) is 15.1 Å². The predicted molar refractivity (Wildman–Crippen MR) is 140 cm³/mol. The van der Waals surface area contributed by atoms with Crippen molar-refractivity contribution in [2.75, 3.05) is 11.9 Å². The summed E-state index contributed by atoms with van der Waals surface area (Å²) in [5.41, 5.74) is 1.81. The number of benzene rings is 3. The first-order valence-electron chi connectivity index (χ1n) is 10.0. The van der Waals surface area contributed by atoms with Crippen molar-refractivity contribution < 1.29 is 14.3 Å². The molecule has 0 aliphatic rings. The van der Waals surface area contributed by atoms with E-state index in [2.05, 4.69) is 21.2 Å². The first kappa shape index (κ1) is 25.9. The van der Waals surface area contributed by atoms with E-state index in [9.17, 15) is 10.1 Å². The SMILES string of the molecule is CCOc1cc(/C=C(\C#N)C(=O)Nc2cccc(Cl)c2)cc(Br)c1OCc1ccc(Cl)c(Cl)c1. The molecule has 0 fully saturated rings. The summed E-state index contributed by atoms with van der Waals surface area (Å²) in [5, 5.41) is 13.6. The largest absolute Gasteiger partial charge is 0.490 e. The molecular formula is C25H18BrCl3N2O3. The zero-order chi connectivity index (χ0) is 24.7. The van der Waals surface area contributed by atoms with Gasteiger partial charge in [0, 0.05) is 10.7 Å². The molecule has 0 aliphatic carbocycles. The minimum atomic E-state index is -0.557. The number of carbonyl (C=O) groups excluding carboxylic acids is 1. The van der Waals surface area contributed by atoms with Gasteiger partial charge in [0.15, 0.2) is 11.5 Å². The Morgan fingerprint density at radius 2 is 1.88 bits per heavy atom. The fourth-order valence-corrected chi connectivity index (χ4v) is 4.02. The Morgan fingerprint density at radius 1 is 1.09 bits per heavy atom. The highest BCUT2D eigenvalue weighted by molar-refractivity contribution is 9.10. The minimum absolute atomic E-state index is 0.0844. The van der Waals surface area contributed by atoms with Gasteiger partial charge in [-0.1, -0.05) is 46.9 Å². The van der Waals surface area contributed by atoms with Crippen molar-refractivity contribution in [3.8, 4) is 17.6 Å². The van der Waals surface area contributed by atoms with Gasteiger partial charge in [0.25, 0.3) is 5.91 Å². The van der Waals surface area contributed by atoms with Crippen LogP contribution in [-0.2, 0) is 11.4 Å². The Hall–Kier alpha value is -2.69. The maximum absolute atomic E-state index is 12.6. The average Bonchev–Trinajstić information content (AvgIpc) is 2.79. The summed E-state index contributed by atoms with van der Waals surface area (Å²) in [5.74, 6) is 0.376. The zero-order valence-corrected chi connectivity index (χ0v) is 21.7. The molecule has 3 aromatic rings. The first-order valence-corrected chi connectivity index (χ1v) is 11.9. The van der Waals surface area contributed by atoms with E-state index in [1.54, 1.807) is 48.5 Å². The molecule has 5 nitrogen and oxygen atoms in total. The molecule has 0 bridgehead atoms. The lowest BCUT2D eigenvalue weighted by molar-refractivity contribution is -0.112. The molecule has 0 heterocycles.